The number of amides is 1. The molecule has 1 amide bonds. The van der Waals surface area contributed by atoms with Crippen molar-refractivity contribution in [2.24, 2.45) is 0 Å². The number of carbonyl (C=O) groups excluding carboxylic acids is 1. The maximum Gasteiger partial charge on any atom is 0.224 e. The molecule has 1 aliphatic rings. The Balaban J connectivity index is 0.00000100. The van der Waals surface area contributed by atoms with E-state index in [0.29, 0.717) is 42.0 Å². The summed E-state index contributed by atoms with van der Waals surface area (Å²) in [7, 11) is 1.61. The van der Waals surface area contributed by atoms with E-state index in [-0.39, 0.29) is 5.91 Å². The van der Waals surface area contributed by atoms with Gasteiger partial charge in [-0.05, 0) is 5.56 Å². The number of methoxy groups -OCH3 is 1. The van der Waals surface area contributed by atoms with Crippen molar-refractivity contribution in [3.63, 3.8) is 0 Å². The Morgan fingerprint density at radius 3 is 2.71 bits per heavy atom. The van der Waals surface area contributed by atoms with Crippen molar-refractivity contribution in [1.29, 1.82) is 0 Å². The third-order valence-corrected chi connectivity index (χ3v) is 4.49. The lowest BCUT2D eigenvalue weighted by molar-refractivity contribution is -0.120. The summed E-state index contributed by atoms with van der Waals surface area (Å²) >= 11 is 12.5. The van der Waals surface area contributed by atoms with Gasteiger partial charge < -0.3 is 19.8 Å². The van der Waals surface area contributed by atoms with Crippen LogP contribution >= 0.6 is 23.2 Å². The molecule has 2 heterocycles. The smallest absolute Gasteiger partial charge is 0.224 e. The predicted octanol–water partition coefficient (Wildman–Crippen LogP) is 3.74. The van der Waals surface area contributed by atoms with Crippen LogP contribution < -0.4 is 10.1 Å². The van der Waals surface area contributed by atoms with E-state index >= 15 is 0 Å². The molecule has 1 aliphatic heterocycles. The van der Waals surface area contributed by atoms with Gasteiger partial charge in [0.2, 0.25) is 5.91 Å². The minimum atomic E-state index is -0.00596. The lowest BCUT2D eigenvalue weighted by Gasteiger charge is -2.10. The van der Waals surface area contributed by atoms with Crippen LogP contribution in [-0.4, -0.2) is 37.8 Å². The van der Waals surface area contributed by atoms with E-state index in [1.807, 2.05) is 13.8 Å². The molecular weight excluding hydrogens is 351 g/mol. The zero-order valence-corrected chi connectivity index (χ0v) is 15.6. The molecule has 0 saturated heterocycles. The first kappa shape index (κ1) is 18.9. The van der Waals surface area contributed by atoms with Crippen LogP contribution in [0.2, 0.25) is 10.0 Å². The van der Waals surface area contributed by atoms with E-state index in [1.165, 1.54) is 0 Å². The van der Waals surface area contributed by atoms with Gasteiger partial charge >= 0.3 is 0 Å². The summed E-state index contributed by atoms with van der Waals surface area (Å²) in [5.74, 6) is 0.613. The molecule has 1 aromatic carbocycles. The van der Waals surface area contributed by atoms with Crippen LogP contribution in [-0.2, 0) is 22.4 Å². The molecule has 0 atom stereocenters. The van der Waals surface area contributed by atoms with Gasteiger partial charge in [-0.15, -0.1) is 0 Å². The van der Waals surface area contributed by atoms with Crippen LogP contribution in [0.15, 0.2) is 6.07 Å². The van der Waals surface area contributed by atoms with E-state index in [9.17, 15) is 4.79 Å². The summed E-state index contributed by atoms with van der Waals surface area (Å²) in [6, 6.07) is 1.69. The molecule has 0 aliphatic carbocycles. The minimum Gasteiger partial charge on any atom is -0.490 e. The molecule has 0 saturated carbocycles. The second kappa shape index (κ2) is 8.60. The Kier molecular flexibility index (Phi) is 6.78. The van der Waals surface area contributed by atoms with Crippen molar-refractivity contribution in [2.75, 3.05) is 26.9 Å². The van der Waals surface area contributed by atoms with Crippen LogP contribution in [0.1, 0.15) is 25.1 Å². The first-order valence-electron chi connectivity index (χ1n) is 8.01. The summed E-state index contributed by atoms with van der Waals surface area (Å²) < 4.78 is 10.8. The predicted molar refractivity (Wildman–Crippen MR) is 97.5 cm³/mol. The quantitative estimate of drug-likeness (QED) is 0.803. The first-order chi connectivity index (χ1) is 11.6. The lowest BCUT2D eigenvalue weighted by atomic mass is 10.1. The molecule has 0 unspecified atom stereocenters. The molecule has 24 heavy (non-hydrogen) atoms. The molecule has 2 aromatic rings. The SMILES string of the molecule is CC.COCCOc1cc(Cl)c(Cl)c2[nH]c3c(c12)CC(=O)NCC3. The standard InChI is InChI=1S/C15H16Cl2N2O3.C2H6/c1-21-4-5-22-11-7-9(16)14(17)15-13(11)8-6-12(20)18-3-2-10(8)19-15;1-2/h7,19H,2-6H2,1H3,(H,18,20);1-2H3. The van der Waals surface area contributed by atoms with Crippen molar-refractivity contribution >= 4 is 40.0 Å². The van der Waals surface area contributed by atoms with Gasteiger partial charge in [-0.1, -0.05) is 37.0 Å². The van der Waals surface area contributed by atoms with Crippen molar-refractivity contribution in [3.05, 3.63) is 27.4 Å². The van der Waals surface area contributed by atoms with Crippen molar-refractivity contribution in [1.82, 2.24) is 10.3 Å². The summed E-state index contributed by atoms with van der Waals surface area (Å²) in [6.45, 7) is 5.47. The molecule has 5 nitrogen and oxygen atoms in total. The summed E-state index contributed by atoms with van der Waals surface area (Å²) in [4.78, 5) is 15.2. The maximum atomic E-state index is 11.9. The number of aromatic amines is 1. The molecule has 0 fully saturated rings. The van der Waals surface area contributed by atoms with Gasteiger partial charge in [0, 0.05) is 37.2 Å². The Labute approximate surface area is 151 Å². The topological polar surface area (TPSA) is 63.4 Å². The third kappa shape index (κ3) is 3.79. The molecule has 2 N–H and O–H groups in total. The molecule has 132 valence electrons. The van der Waals surface area contributed by atoms with Gasteiger partial charge in [0.25, 0.3) is 0 Å². The fraction of sp³-hybridized carbons (Fsp3) is 0.471. The highest BCUT2D eigenvalue weighted by atomic mass is 35.5. The van der Waals surface area contributed by atoms with Gasteiger partial charge in [-0.3, -0.25) is 4.79 Å². The maximum absolute atomic E-state index is 11.9. The van der Waals surface area contributed by atoms with E-state index in [0.717, 1.165) is 28.6 Å². The number of ether oxygens (including phenoxy) is 2. The number of fused-ring (bicyclic) bond motifs is 3. The van der Waals surface area contributed by atoms with Gasteiger partial charge in [0.1, 0.15) is 12.4 Å². The van der Waals surface area contributed by atoms with Gasteiger partial charge in [0.05, 0.1) is 28.6 Å². The summed E-state index contributed by atoms with van der Waals surface area (Å²) in [5.41, 5.74) is 2.64. The third-order valence-electron chi connectivity index (χ3n) is 3.70. The van der Waals surface area contributed by atoms with Crippen LogP contribution in [0.25, 0.3) is 10.9 Å². The number of hydrogen-bond acceptors (Lipinski definition) is 3. The minimum absolute atomic E-state index is 0.00596. The van der Waals surface area contributed by atoms with Crippen LogP contribution in [0, 0.1) is 0 Å². The fourth-order valence-corrected chi connectivity index (χ4v) is 3.09. The van der Waals surface area contributed by atoms with Crippen molar-refractivity contribution < 1.29 is 14.3 Å². The molecule has 0 radical (unpaired) electrons. The highest BCUT2D eigenvalue weighted by molar-refractivity contribution is 6.45. The number of nitrogens with one attached hydrogen (secondary N) is 2. The Hall–Kier alpha value is -1.43. The van der Waals surface area contributed by atoms with Gasteiger partial charge in [-0.2, -0.15) is 0 Å². The average molecular weight is 373 g/mol. The largest absolute Gasteiger partial charge is 0.490 e. The van der Waals surface area contributed by atoms with E-state index in [2.05, 4.69) is 10.3 Å². The lowest BCUT2D eigenvalue weighted by Crippen LogP contribution is -2.24. The molecular formula is C17H22Cl2N2O3. The zero-order chi connectivity index (χ0) is 17.7. The number of halogens is 2. The highest BCUT2D eigenvalue weighted by Gasteiger charge is 2.23. The summed E-state index contributed by atoms with van der Waals surface area (Å²) in [5, 5.41) is 4.56. The monoisotopic (exact) mass is 372 g/mol. The number of H-pyrrole nitrogens is 1. The van der Waals surface area contributed by atoms with Gasteiger partial charge in [-0.25, -0.2) is 0 Å². The molecule has 7 heteroatoms. The summed E-state index contributed by atoms with van der Waals surface area (Å²) in [6.07, 6.45) is 1.02. The van der Waals surface area contributed by atoms with Crippen molar-refractivity contribution in [3.8, 4) is 5.75 Å². The van der Waals surface area contributed by atoms with E-state index in [1.54, 1.807) is 13.2 Å². The van der Waals surface area contributed by atoms with E-state index in [4.69, 9.17) is 32.7 Å². The molecule has 0 bridgehead atoms. The van der Waals surface area contributed by atoms with Crippen LogP contribution in [0.5, 0.6) is 5.75 Å². The normalized spacial score (nSPS) is 13.6. The van der Waals surface area contributed by atoms with Gasteiger partial charge in [0.15, 0.2) is 0 Å². The fourth-order valence-electron chi connectivity index (χ4n) is 2.70. The molecule has 0 spiro atoms. The number of hydrogen-bond donors (Lipinski definition) is 2. The first-order valence-corrected chi connectivity index (χ1v) is 8.77. The highest BCUT2D eigenvalue weighted by Crippen LogP contribution is 2.40. The Bertz CT molecular complexity index is 728. The second-order valence-corrected chi connectivity index (χ2v) is 5.91. The molecule has 1 aromatic heterocycles. The zero-order valence-electron chi connectivity index (χ0n) is 14.1. The number of benzene rings is 1. The van der Waals surface area contributed by atoms with E-state index < -0.39 is 0 Å². The Morgan fingerprint density at radius 1 is 1.25 bits per heavy atom. The molecule has 3 rings (SSSR count). The van der Waals surface area contributed by atoms with Crippen LogP contribution in [0.3, 0.4) is 0 Å². The Morgan fingerprint density at radius 2 is 2.00 bits per heavy atom. The average Bonchev–Trinajstić information content (AvgIpc) is 2.83. The van der Waals surface area contributed by atoms with Crippen molar-refractivity contribution in [2.45, 2.75) is 26.7 Å². The second-order valence-electron chi connectivity index (χ2n) is 5.12. The number of aromatic nitrogens is 1. The van der Waals surface area contributed by atoms with Crippen LogP contribution in [0.4, 0.5) is 0 Å². The number of rotatable bonds is 4. The number of carbonyl (C=O) groups is 1.